The number of rotatable bonds is 8. The van der Waals surface area contributed by atoms with Crippen LogP contribution in [0.5, 0.6) is 11.5 Å². The van der Waals surface area contributed by atoms with E-state index in [4.69, 9.17) is 9.47 Å². The molecule has 2 aromatic rings. The third-order valence-corrected chi connectivity index (χ3v) is 4.65. The van der Waals surface area contributed by atoms with Crippen molar-refractivity contribution in [2.75, 3.05) is 7.11 Å². The molecule has 0 saturated carbocycles. The summed E-state index contributed by atoms with van der Waals surface area (Å²) in [6.45, 7) is 7.76. The van der Waals surface area contributed by atoms with Crippen LogP contribution in [-0.4, -0.2) is 13.2 Å². The van der Waals surface area contributed by atoms with Crippen molar-refractivity contribution in [3.05, 3.63) is 57.6 Å². The molecule has 130 valence electrons. The zero-order valence-electron chi connectivity index (χ0n) is 14.9. The van der Waals surface area contributed by atoms with Crippen molar-refractivity contribution in [3.8, 4) is 11.5 Å². The minimum Gasteiger partial charge on any atom is -0.493 e. The second-order valence-corrected chi connectivity index (χ2v) is 6.93. The largest absolute Gasteiger partial charge is 0.493 e. The van der Waals surface area contributed by atoms with Crippen LogP contribution in [0, 0.1) is 6.92 Å². The Morgan fingerprint density at radius 1 is 1.12 bits per heavy atom. The number of benzene rings is 2. The van der Waals surface area contributed by atoms with Gasteiger partial charge in [-0.1, -0.05) is 36.8 Å². The fourth-order valence-electron chi connectivity index (χ4n) is 2.29. The minimum atomic E-state index is 0.493. The summed E-state index contributed by atoms with van der Waals surface area (Å²) in [5.41, 5.74) is 3.55. The topological polar surface area (TPSA) is 30.5 Å². The monoisotopic (exact) mass is 391 g/mol. The zero-order valence-corrected chi connectivity index (χ0v) is 16.4. The Bertz CT molecular complexity index is 655. The summed E-state index contributed by atoms with van der Waals surface area (Å²) >= 11 is 3.62. The number of nitrogens with one attached hydrogen (secondary N) is 1. The van der Waals surface area contributed by atoms with Crippen LogP contribution >= 0.6 is 15.9 Å². The van der Waals surface area contributed by atoms with E-state index in [1.54, 1.807) is 7.11 Å². The first kappa shape index (κ1) is 18.8. The van der Waals surface area contributed by atoms with Gasteiger partial charge in [0.25, 0.3) is 0 Å². The summed E-state index contributed by atoms with van der Waals surface area (Å²) in [5, 5.41) is 3.49. The Kier molecular flexibility index (Phi) is 7.13. The first-order chi connectivity index (χ1) is 11.5. The number of aryl methyl sites for hydroxylation is 1. The highest BCUT2D eigenvalue weighted by Gasteiger charge is 2.12. The van der Waals surface area contributed by atoms with Crippen LogP contribution in [0.1, 0.15) is 37.0 Å². The number of hydrogen-bond donors (Lipinski definition) is 1. The van der Waals surface area contributed by atoms with E-state index in [0.717, 1.165) is 34.5 Å². The average molecular weight is 392 g/mol. The number of hydrogen-bond acceptors (Lipinski definition) is 3. The minimum absolute atomic E-state index is 0.493. The van der Waals surface area contributed by atoms with E-state index in [0.29, 0.717) is 12.6 Å². The van der Waals surface area contributed by atoms with Gasteiger partial charge < -0.3 is 14.8 Å². The smallest absolute Gasteiger partial charge is 0.175 e. The van der Waals surface area contributed by atoms with Crippen molar-refractivity contribution < 1.29 is 9.47 Å². The summed E-state index contributed by atoms with van der Waals surface area (Å²) in [5.74, 6) is 1.49. The first-order valence-electron chi connectivity index (χ1n) is 8.31. The van der Waals surface area contributed by atoms with Gasteiger partial charge in [0.15, 0.2) is 11.5 Å². The van der Waals surface area contributed by atoms with Gasteiger partial charge in [-0.2, -0.15) is 0 Å². The van der Waals surface area contributed by atoms with Crippen LogP contribution in [0.25, 0.3) is 0 Å². The Labute approximate surface area is 153 Å². The van der Waals surface area contributed by atoms with Crippen molar-refractivity contribution in [2.24, 2.45) is 0 Å². The van der Waals surface area contributed by atoms with Crippen LogP contribution in [0.15, 0.2) is 40.9 Å². The van der Waals surface area contributed by atoms with E-state index >= 15 is 0 Å². The summed E-state index contributed by atoms with van der Waals surface area (Å²) in [4.78, 5) is 0. The highest BCUT2D eigenvalue weighted by Crippen LogP contribution is 2.37. The first-order valence-corrected chi connectivity index (χ1v) is 9.11. The number of halogens is 1. The molecule has 0 aliphatic rings. The normalized spacial score (nSPS) is 12.0. The van der Waals surface area contributed by atoms with Gasteiger partial charge in [-0.05, 0) is 59.5 Å². The Morgan fingerprint density at radius 2 is 1.83 bits per heavy atom. The zero-order chi connectivity index (χ0) is 17.5. The van der Waals surface area contributed by atoms with E-state index < -0.39 is 0 Å². The highest BCUT2D eigenvalue weighted by atomic mass is 79.9. The van der Waals surface area contributed by atoms with Gasteiger partial charge in [-0.3, -0.25) is 0 Å². The highest BCUT2D eigenvalue weighted by molar-refractivity contribution is 9.10. The summed E-state index contributed by atoms with van der Waals surface area (Å²) < 4.78 is 12.4. The van der Waals surface area contributed by atoms with E-state index in [2.05, 4.69) is 72.3 Å². The lowest BCUT2D eigenvalue weighted by molar-refractivity contribution is 0.282. The second-order valence-electron chi connectivity index (χ2n) is 6.07. The lowest BCUT2D eigenvalue weighted by Gasteiger charge is -2.16. The summed E-state index contributed by atoms with van der Waals surface area (Å²) in [7, 11) is 1.67. The molecule has 2 aromatic carbocycles. The Hall–Kier alpha value is -1.52. The van der Waals surface area contributed by atoms with Gasteiger partial charge >= 0.3 is 0 Å². The molecule has 0 aromatic heterocycles. The molecule has 0 bridgehead atoms. The Balaban J connectivity index is 2.10. The standard InChI is InChI=1S/C20H26BrNO2/c1-5-15(3)22-12-17-10-18(21)20(19(11-17)23-4)24-13-16-8-6-14(2)7-9-16/h6-11,15,22H,5,12-13H2,1-4H3/t15-/m0/s1. The Morgan fingerprint density at radius 3 is 2.46 bits per heavy atom. The molecule has 0 aliphatic heterocycles. The predicted molar refractivity (Wildman–Crippen MR) is 103 cm³/mol. The van der Waals surface area contributed by atoms with Gasteiger partial charge in [0.1, 0.15) is 6.61 Å². The van der Waals surface area contributed by atoms with Gasteiger partial charge in [0.05, 0.1) is 11.6 Å². The molecule has 0 saturated heterocycles. The fraction of sp³-hybridized carbons (Fsp3) is 0.400. The molecule has 1 N–H and O–H groups in total. The maximum atomic E-state index is 5.99. The molecular weight excluding hydrogens is 366 g/mol. The lowest BCUT2D eigenvalue weighted by atomic mass is 10.1. The van der Waals surface area contributed by atoms with Crippen LogP contribution < -0.4 is 14.8 Å². The molecule has 24 heavy (non-hydrogen) atoms. The molecule has 0 radical (unpaired) electrons. The number of ether oxygens (including phenoxy) is 2. The van der Waals surface area contributed by atoms with Gasteiger partial charge in [-0.25, -0.2) is 0 Å². The van der Waals surface area contributed by atoms with Crippen molar-refractivity contribution in [3.63, 3.8) is 0 Å². The molecule has 0 amide bonds. The molecule has 0 heterocycles. The van der Waals surface area contributed by atoms with E-state index in [1.807, 2.05) is 6.07 Å². The average Bonchev–Trinajstić information content (AvgIpc) is 2.59. The fourth-order valence-corrected chi connectivity index (χ4v) is 2.90. The van der Waals surface area contributed by atoms with Crippen LogP contribution in [0.4, 0.5) is 0 Å². The molecule has 2 rings (SSSR count). The second kappa shape index (κ2) is 9.09. The maximum Gasteiger partial charge on any atom is 0.175 e. The third-order valence-electron chi connectivity index (χ3n) is 4.06. The molecule has 0 fully saturated rings. The van der Waals surface area contributed by atoms with Crippen molar-refractivity contribution in [1.82, 2.24) is 5.32 Å². The van der Waals surface area contributed by atoms with Gasteiger partial charge in [0.2, 0.25) is 0 Å². The van der Waals surface area contributed by atoms with E-state index in [9.17, 15) is 0 Å². The maximum absolute atomic E-state index is 5.99. The van der Waals surface area contributed by atoms with Gasteiger partial charge in [0, 0.05) is 12.6 Å². The molecule has 0 aliphatic carbocycles. The van der Waals surface area contributed by atoms with Crippen molar-refractivity contribution in [2.45, 2.75) is 46.4 Å². The van der Waals surface area contributed by atoms with Crippen LogP contribution in [-0.2, 0) is 13.2 Å². The van der Waals surface area contributed by atoms with Crippen LogP contribution in [0.3, 0.4) is 0 Å². The quantitative estimate of drug-likeness (QED) is 0.667. The molecule has 0 spiro atoms. The SMILES string of the molecule is CC[C@H](C)NCc1cc(Br)c(OCc2ccc(C)cc2)c(OC)c1. The summed E-state index contributed by atoms with van der Waals surface area (Å²) in [6, 6.07) is 13.0. The predicted octanol–water partition coefficient (Wildman–Crippen LogP) is 5.23. The molecule has 4 heteroatoms. The third kappa shape index (κ3) is 5.25. The summed E-state index contributed by atoms with van der Waals surface area (Å²) in [6.07, 6.45) is 1.11. The van der Waals surface area contributed by atoms with Gasteiger partial charge in [-0.15, -0.1) is 0 Å². The van der Waals surface area contributed by atoms with Crippen molar-refractivity contribution >= 4 is 15.9 Å². The van der Waals surface area contributed by atoms with Crippen LogP contribution in [0.2, 0.25) is 0 Å². The molecule has 1 atom stereocenters. The molecular formula is C20H26BrNO2. The van der Waals surface area contributed by atoms with E-state index in [1.165, 1.54) is 11.1 Å². The van der Waals surface area contributed by atoms with E-state index in [-0.39, 0.29) is 0 Å². The molecule has 3 nitrogen and oxygen atoms in total. The lowest BCUT2D eigenvalue weighted by Crippen LogP contribution is -2.24. The number of methoxy groups -OCH3 is 1. The molecule has 0 unspecified atom stereocenters. The van der Waals surface area contributed by atoms with Crippen molar-refractivity contribution in [1.29, 1.82) is 0 Å².